The van der Waals surface area contributed by atoms with Crippen LogP contribution >= 0.6 is 0 Å². The van der Waals surface area contributed by atoms with Crippen LogP contribution in [-0.4, -0.2) is 32.1 Å². The number of anilines is 1. The van der Waals surface area contributed by atoms with Crippen LogP contribution in [0.5, 0.6) is 0 Å². The summed E-state index contributed by atoms with van der Waals surface area (Å²) in [5.41, 5.74) is 6.27. The molecule has 0 aromatic heterocycles. The lowest BCUT2D eigenvalue weighted by atomic mass is 9.75. The maximum Gasteiger partial charge on any atom is 0.338 e. The number of carbonyl (C=O) groups is 2. The van der Waals surface area contributed by atoms with Crippen LogP contribution in [0.2, 0.25) is 0 Å². The average Bonchev–Trinajstić information content (AvgIpc) is 2.50. The molecule has 0 heterocycles. The SMILES string of the molecule is COCC1(C=O)CCC(OC(=O)c2ccc(N)cc2)CC1. The summed E-state index contributed by atoms with van der Waals surface area (Å²) in [4.78, 5) is 23.3. The second-order valence-electron chi connectivity index (χ2n) is 5.64. The minimum absolute atomic E-state index is 0.139. The van der Waals surface area contributed by atoms with Gasteiger partial charge in [0.25, 0.3) is 0 Å². The van der Waals surface area contributed by atoms with E-state index in [0.29, 0.717) is 43.5 Å². The molecule has 1 saturated carbocycles. The normalized spacial score (nSPS) is 25.3. The molecular formula is C16H21NO4. The number of nitrogen functional groups attached to an aromatic ring is 1. The average molecular weight is 291 g/mol. The van der Waals surface area contributed by atoms with E-state index in [-0.39, 0.29) is 12.1 Å². The van der Waals surface area contributed by atoms with Gasteiger partial charge in [-0.15, -0.1) is 0 Å². The number of methoxy groups -OCH3 is 1. The number of hydrogen-bond acceptors (Lipinski definition) is 5. The maximum absolute atomic E-state index is 12.0. The van der Waals surface area contributed by atoms with E-state index in [1.165, 1.54) is 0 Å². The van der Waals surface area contributed by atoms with E-state index in [9.17, 15) is 9.59 Å². The Balaban J connectivity index is 1.89. The summed E-state index contributed by atoms with van der Waals surface area (Å²) in [5, 5.41) is 0. The Morgan fingerprint density at radius 2 is 1.95 bits per heavy atom. The van der Waals surface area contributed by atoms with Gasteiger partial charge in [0.15, 0.2) is 0 Å². The predicted octanol–water partition coefficient (Wildman–Crippen LogP) is 2.20. The third kappa shape index (κ3) is 3.82. The third-order valence-electron chi connectivity index (χ3n) is 4.03. The quantitative estimate of drug-likeness (QED) is 0.511. The van der Waals surface area contributed by atoms with Crippen molar-refractivity contribution in [1.29, 1.82) is 0 Å². The number of hydrogen-bond donors (Lipinski definition) is 1. The zero-order chi connectivity index (χ0) is 15.3. The molecule has 2 rings (SSSR count). The van der Waals surface area contributed by atoms with Crippen LogP contribution in [0.1, 0.15) is 36.0 Å². The van der Waals surface area contributed by atoms with E-state index in [4.69, 9.17) is 15.2 Å². The van der Waals surface area contributed by atoms with E-state index in [1.807, 2.05) is 0 Å². The minimum atomic E-state index is -0.418. The van der Waals surface area contributed by atoms with Gasteiger partial charge in [0, 0.05) is 18.2 Å². The van der Waals surface area contributed by atoms with Crippen molar-refractivity contribution in [2.24, 2.45) is 5.41 Å². The van der Waals surface area contributed by atoms with Gasteiger partial charge in [0.1, 0.15) is 12.4 Å². The fourth-order valence-corrected chi connectivity index (χ4v) is 2.71. The fourth-order valence-electron chi connectivity index (χ4n) is 2.71. The van der Waals surface area contributed by atoms with Gasteiger partial charge in [0.2, 0.25) is 0 Å². The number of nitrogens with two attached hydrogens (primary N) is 1. The number of ether oxygens (including phenoxy) is 2. The van der Waals surface area contributed by atoms with Crippen molar-refractivity contribution in [3.8, 4) is 0 Å². The first-order valence-corrected chi connectivity index (χ1v) is 7.10. The van der Waals surface area contributed by atoms with Crippen LogP contribution < -0.4 is 5.73 Å². The minimum Gasteiger partial charge on any atom is -0.459 e. The molecule has 5 nitrogen and oxygen atoms in total. The highest BCUT2D eigenvalue weighted by Crippen LogP contribution is 2.36. The summed E-state index contributed by atoms with van der Waals surface area (Å²) in [7, 11) is 1.60. The van der Waals surface area contributed by atoms with E-state index in [0.717, 1.165) is 6.29 Å². The molecule has 1 aromatic rings. The van der Waals surface area contributed by atoms with Gasteiger partial charge in [-0.2, -0.15) is 0 Å². The van der Waals surface area contributed by atoms with Crippen molar-refractivity contribution >= 4 is 17.9 Å². The molecule has 5 heteroatoms. The number of esters is 1. The van der Waals surface area contributed by atoms with Gasteiger partial charge in [-0.3, -0.25) is 0 Å². The monoisotopic (exact) mass is 291 g/mol. The van der Waals surface area contributed by atoms with Crippen LogP contribution in [0.3, 0.4) is 0 Å². The standard InChI is InChI=1S/C16H21NO4/c1-20-11-16(10-18)8-6-14(7-9-16)21-15(19)12-2-4-13(17)5-3-12/h2-5,10,14H,6-9,11,17H2,1H3. The molecule has 0 unspecified atom stereocenters. The van der Waals surface area contributed by atoms with Gasteiger partial charge >= 0.3 is 5.97 Å². The molecule has 21 heavy (non-hydrogen) atoms. The zero-order valence-electron chi connectivity index (χ0n) is 12.2. The molecule has 114 valence electrons. The predicted molar refractivity (Wildman–Crippen MR) is 78.9 cm³/mol. The highest BCUT2D eigenvalue weighted by Gasteiger charge is 2.36. The number of carbonyl (C=O) groups excluding carboxylic acids is 2. The molecule has 0 saturated heterocycles. The largest absolute Gasteiger partial charge is 0.459 e. The second-order valence-corrected chi connectivity index (χ2v) is 5.64. The summed E-state index contributed by atoms with van der Waals surface area (Å²) in [6.45, 7) is 0.426. The van der Waals surface area contributed by atoms with E-state index < -0.39 is 5.41 Å². The molecule has 1 aromatic carbocycles. The van der Waals surface area contributed by atoms with E-state index >= 15 is 0 Å². The molecule has 0 atom stereocenters. The summed E-state index contributed by atoms with van der Waals surface area (Å²) in [6.07, 6.45) is 3.58. The van der Waals surface area contributed by atoms with Gasteiger partial charge in [-0.25, -0.2) is 4.79 Å². The summed E-state index contributed by atoms with van der Waals surface area (Å²) >= 11 is 0. The highest BCUT2D eigenvalue weighted by molar-refractivity contribution is 5.89. The summed E-state index contributed by atoms with van der Waals surface area (Å²) in [5.74, 6) is -0.342. The lowest BCUT2D eigenvalue weighted by Gasteiger charge is -2.35. The van der Waals surface area contributed by atoms with Crippen molar-refractivity contribution in [3.05, 3.63) is 29.8 Å². The van der Waals surface area contributed by atoms with Crippen molar-refractivity contribution in [3.63, 3.8) is 0 Å². The van der Waals surface area contributed by atoms with Crippen molar-refractivity contribution < 1.29 is 19.1 Å². The van der Waals surface area contributed by atoms with Crippen molar-refractivity contribution in [1.82, 2.24) is 0 Å². The Bertz CT molecular complexity index is 490. The number of rotatable bonds is 5. The Kier molecular flexibility index (Phi) is 4.96. The first kappa shape index (κ1) is 15.5. The van der Waals surface area contributed by atoms with Crippen LogP contribution in [0, 0.1) is 5.41 Å². The Labute approximate surface area is 124 Å². The number of aldehydes is 1. The number of benzene rings is 1. The molecule has 0 amide bonds. The topological polar surface area (TPSA) is 78.6 Å². The first-order chi connectivity index (χ1) is 10.1. The van der Waals surface area contributed by atoms with Crippen LogP contribution in [0.15, 0.2) is 24.3 Å². The van der Waals surface area contributed by atoms with Gasteiger partial charge in [-0.05, 0) is 49.9 Å². The highest BCUT2D eigenvalue weighted by atomic mass is 16.5. The first-order valence-electron chi connectivity index (χ1n) is 7.10. The molecule has 1 fully saturated rings. The molecular weight excluding hydrogens is 270 g/mol. The molecule has 0 radical (unpaired) electrons. The van der Waals surface area contributed by atoms with Crippen molar-refractivity contribution in [2.75, 3.05) is 19.5 Å². The Hall–Kier alpha value is -1.88. The van der Waals surface area contributed by atoms with E-state index in [1.54, 1.807) is 31.4 Å². The van der Waals surface area contributed by atoms with Gasteiger partial charge in [0.05, 0.1) is 12.2 Å². The zero-order valence-corrected chi connectivity index (χ0v) is 12.2. The van der Waals surface area contributed by atoms with Crippen LogP contribution in [-0.2, 0) is 14.3 Å². The Morgan fingerprint density at radius 3 is 2.48 bits per heavy atom. The Morgan fingerprint density at radius 1 is 1.33 bits per heavy atom. The van der Waals surface area contributed by atoms with E-state index in [2.05, 4.69) is 0 Å². The van der Waals surface area contributed by atoms with Gasteiger partial charge in [-0.1, -0.05) is 0 Å². The molecule has 0 aliphatic heterocycles. The third-order valence-corrected chi connectivity index (χ3v) is 4.03. The molecule has 2 N–H and O–H groups in total. The molecule has 1 aliphatic carbocycles. The summed E-state index contributed by atoms with van der Waals surface area (Å²) in [6, 6.07) is 6.66. The van der Waals surface area contributed by atoms with Crippen LogP contribution in [0.4, 0.5) is 5.69 Å². The smallest absolute Gasteiger partial charge is 0.338 e. The molecule has 0 bridgehead atoms. The fraction of sp³-hybridized carbons (Fsp3) is 0.500. The van der Waals surface area contributed by atoms with Crippen molar-refractivity contribution in [2.45, 2.75) is 31.8 Å². The summed E-state index contributed by atoms with van der Waals surface area (Å²) < 4.78 is 10.6. The van der Waals surface area contributed by atoms with Gasteiger partial charge < -0.3 is 20.0 Å². The molecule has 1 aliphatic rings. The lowest BCUT2D eigenvalue weighted by Crippen LogP contribution is -2.36. The lowest BCUT2D eigenvalue weighted by molar-refractivity contribution is -0.122. The van der Waals surface area contributed by atoms with Crippen LogP contribution in [0.25, 0.3) is 0 Å². The molecule has 0 spiro atoms. The maximum atomic E-state index is 12.0. The second kappa shape index (κ2) is 6.72.